The molecule has 8 nitrogen and oxygen atoms in total. The predicted octanol–water partition coefficient (Wildman–Crippen LogP) is 2.01. The number of hydrogen-bond acceptors (Lipinski definition) is 7. The lowest BCUT2D eigenvalue weighted by molar-refractivity contribution is -0.138. The summed E-state index contributed by atoms with van der Waals surface area (Å²) in [5.41, 5.74) is 12.1. The maximum Gasteiger partial charge on any atom is 0.341 e. The van der Waals surface area contributed by atoms with E-state index in [0.29, 0.717) is 31.7 Å². The van der Waals surface area contributed by atoms with E-state index in [1.165, 1.54) is 25.4 Å². The van der Waals surface area contributed by atoms with Crippen LogP contribution in [0.15, 0.2) is 42.2 Å². The molecule has 2 aliphatic rings. The van der Waals surface area contributed by atoms with E-state index in [4.69, 9.17) is 20.9 Å². The summed E-state index contributed by atoms with van der Waals surface area (Å²) < 4.78 is 24.3. The molecule has 2 aliphatic heterocycles. The van der Waals surface area contributed by atoms with Crippen molar-refractivity contribution in [3.8, 4) is 5.75 Å². The number of likely N-dealkylation sites (tertiary alicyclic amines) is 2. The molecule has 1 amide bonds. The molecule has 9 heteroatoms. The Morgan fingerprint density at radius 2 is 1.82 bits per heavy atom. The van der Waals surface area contributed by atoms with Crippen LogP contribution < -0.4 is 16.2 Å². The van der Waals surface area contributed by atoms with Crippen molar-refractivity contribution in [3.63, 3.8) is 0 Å². The second-order valence-electron chi connectivity index (χ2n) is 8.43. The molecular formula is C24H33FN4O4. The van der Waals surface area contributed by atoms with Crippen LogP contribution in [-0.4, -0.2) is 67.6 Å². The molecule has 0 radical (unpaired) electrons. The van der Waals surface area contributed by atoms with Gasteiger partial charge in [0.25, 0.3) is 0 Å². The number of carbonyl (C=O) groups excluding carboxylic acids is 2. The molecule has 4 N–H and O–H groups in total. The van der Waals surface area contributed by atoms with Crippen LogP contribution in [0.3, 0.4) is 0 Å². The van der Waals surface area contributed by atoms with Gasteiger partial charge in [0.05, 0.1) is 7.11 Å². The standard InChI is InChI=1S/C24H33FN4O4/c1-32-24(31)21-14-19(25)2-3-22(21)33-20-7-12-29(13-8-20)23(30)18-5-10-28(11-6-18)16-17(15-27)4-9-26/h2-4,9,14-15,18,20H,5-8,10-13,16,26-27H2,1H3/b9-4-,17-15+. The third-order valence-electron chi connectivity index (χ3n) is 6.26. The molecule has 2 saturated heterocycles. The molecule has 180 valence electrons. The summed E-state index contributed by atoms with van der Waals surface area (Å²) in [5.74, 6) is -0.647. The number of benzene rings is 1. The number of nitrogens with zero attached hydrogens (tertiary/aromatic N) is 2. The van der Waals surface area contributed by atoms with E-state index in [1.807, 2.05) is 4.90 Å². The smallest absolute Gasteiger partial charge is 0.341 e. The van der Waals surface area contributed by atoms with E-state index in [0.717, 1.165) is 44.1 Å². The highest BCUT2D eigenvalue weighted by atomic mass is 19.1. The Labute approximate surface area is 194 Å². The molecule has 0 atom stereocenters. The van der Waals surface area contributed by atoms with E-state index in [-0.39, 0.29) is 23.5 Å². The minimum atomic E-state index is -0.642. The molecule has 0 aliphatic carbocycles. The van der Waals surface area contributed by atoms with E-state index >= 15 is 0 Å². The molecule has 0 spiro atoms. The number of ether oxygens (including phenoxy) is 2. The van der Waals surface area contributed by atoms with Gasteiger partial charge < -0.3 is 25.8 Å². The van der Waals surface area contributed by atoms with Crippen molar-refractivity contribution in [2.24, 2.45) is 17.4 Å². The molecule has 0 unspecified atom stereocenters. The van der Waals surface area contributed by atoms with Crippen molar-refractivity contribution in [1.82, 2.24) is 9.80 Å². The van der Waals surface area contributed by atoms with Crippen molar-refractivity contribution in [2.45, 2.75) is 31.8 Å². The summed E-state index contributed by atoms with van der Waals surface area (Å²) >= 11 is 0. The number of piperidine rings is 2. The predicted molar refractivity (Wildman–Crippen MR) is 123 cm³/mol. The summed E-state index contributed by atoms with van der Waals surface area (Å²) in [5, 5.41) is 0. The highest BCUT2D eigenvalue weighted by Crippen LogP contribution is 2.27. The average Bonchev–Trinajstić information content (AvgIpc) is 2.84. The van der Waals surface area contributed by atoms with E-state index in [2.05, 4.69) is 4.90 Å². The first-order chi connectivity index (χ1) is 15.9. The van der Waals surface area contributed by atoms with Gasteiger partial charge in [-0.1, -0.05) is 0 Å². The second kappa shape index (κ2) is 11.7. The summed E-state index contributed by atoms with van der Waals surface area (Å²) in [6.45, 7) is 3.60. The van der Waals surface area contributed by atoms with Crippen molar-refractivity contribution in [2.75, 3.05) is 39.8 Å². The molecule has 0 saturated carbocycles. The molecule has 2 heterocycles. The number of hydrogen-bond donors (Lipinski definition) is 2. The largest absolute Gasteiger partial charge is 0.489 e. The fourth-order valence-corrected chi connectivity index (χ4v) is 4.39. The van der Waals surface area contributed by atoms with Gasteiger partial charge in [-0.15, -0.1) is 0 Å². The molecular weight excluding hydrogens is 427 g/mol. The number of halogens is 1. The van der Waals surface area contributed by atoms with Gasteiger partial charge in [0.2, 0.25) is 5.91 Å². The molecule has 1 aromatic rings. The van der Waals surface area contributed by atoms with Gasteiger partial charge in [0.15, 0.2) is 0 Å². The van der Waals surface area contributed by atoms with Crippen LogP contribution in [0.2, 0.25) is 0 Å². The molecule has 2 fully saturated rings. The van der Waals surface area contributed by atoms with Gasteiger partial charge in [-0.2, -0.15) is 0 Å². The zero-order valence-corrected chi connectivity index (χ0v) is 19.0. The fraction of sp³-hybridized carbons (Fsp3) is 0.500. The minimum absolute atomic E-state index is 0.0251. The quantitative estimate of drug-likeness (QED) is 0.473. The number of methoxy groups -OCH3 is 1. The molecule has 0 bridgehead atoms. The topological polar surface area (TPSA) is 111 Å². The first-order valence-corrected chi connectivity index (χ1v) is 11.3. The third-order valence-corrected chi connectivity index (χ3v) is 6.26. The van der Waals surface area contributed by atoms with E-state index in [1.54, 1.807) is 12.3 Å². The minimum Gasteiger partial charge on any atom is -0.489 e. The SMILES string of the molecule is COC(=O)c1cc(F)ccc1OC1CCN(C(=O)C2CCN(CC(/C=C\N)=C/N)CC2)CC1. The normalized spacial score (nSPS) is 19.1. The van der Waals surface area contributed by atoms with Crippen molar-refractivity contribution < 1.29 is 23.5 Å². The summed E-state index contributed by atoms with van der Waals surface area (Å²) in [6, 6.07) is 3.82. The third kappa shape index (κ3) is 6.47. The highest BCUT2D eigenvalue weighted by Gasteiger charge is 2.31. The van der Waals surface area contributed by atoms with Crippen molar-refractivity contribution in [3.05, 3.63) is 53.6 Å². The maximum atomic E-state index is 13.6. The summed E-state index contributed by atoms with van der Waals surface area (Å²) in [7, 11) is 1.25. The Morgan fingerprint density at radius 3 is 2.42 bits per heavy atom. The molecule has 0 aromatic heterocycles. The summed E-state index contributed by atoms with van der Waals surface area (Å²) in [4.78, 5) is 29.2. The zero-order valence-electron chi connectivity index (χ0n) is 19.0. The number of amides is 1. The highest BCUT2D eigenvalue weighted by molar-refractivity contribution is 5.92. The number of esters is 1. The Morgan fingerprint density at radius 1 is 1.12 bits per heavy atom. The van der Waals surface area contributed by atoms with Gasteiger partial charge >= 0.3 is 5.97 Å². The van der Waals surface area contributed by atoms with Gasteiger partial charge in [-0.05, 0) is 68.2 Å². The number of rotatable bonds is 7. The second-order valence-corrected chi connectivity index (χ2v) is 8.43. The van der Waals surface area contributed by atoms with Crippen LogP contribution in [0.5, 0.6) is 5.75 Å². The first kappa shape index (κ1) is 24.6. The van der Waals surface area contributed by atoms with Gasteiger partial charge in [-0.3, -0.25) is 9.69 Å². The number of carbonyl (C=O) groups is 2. The van der Waals surface area contributed by atoms with Crippen LogP contribution in [0.4, 0.5) is 4.39 Å². The van der Waals surface area contributed by atoms with Gasteiger partial charge in [0.1, 0.15) is 23.2 Å². The lowest BCUT2D eigenvalue weighted by Gasteiger charge is -2.37. The lowest BCUT2D eigenvalue weighted by atomic mass is 9.93. The maximum absolute atomic E-state index is 13.6. The van der Waals surface area contributed by atoms with Crippen molar-refractivity contribution in [1.29, 1.82) is 0 Å². The van der Waals surface area contributed by atoms with Crippen LogP contribution in [0.25, 0.3) is 0 Å². The Kier molecular flexibility index (Phi) is 8.71. The molecule has 1 aromatic carbocycles. The van der Waals surface area contributed by atoms with Gasteiger partial charge in [-0.25, -0.2) is 9.18 Å². The number of nitrogens with two attached hydrogens (primary N) is 2. The lowest BCUT2D eigenvalue weighted by Crippen LogP contribution is -2.47. The van der Waals surface area contributed by atoms with Gasteiger partial charge in [0, 0.05) is 38.4 Å². The monoisotopic (exact) mass is 460 g/mol. The zero-order chi connectivity index (χ0) is 23.8. The fourth-order valence-electron chi connectivity index (χ4n) is 4.39. The van der Waals surface area contributed by atoms with Crippen LogP contribution >= 0.6 is 0 Å². The molecule has 3 rings (SSSR count). The summed E-state index contributed by atoms with van der Waals surface area (Å²) in [6.07, 6.45) is 7.62. The average molecular weight is 461 g/mol. The molecule has 33 heavy (non-hydrogen) atoms. The Balaban J connectivity index is 1.48. The first-order valence-electron chi connectivity index (χ1n) is 11.3. The van der Waals surface area contributed by atoms with E-state index in [9.17, 15) is 14.0 Å². The van der Waals surface area contributed by atoms with E-state index < -0.39 is 11.8 Å². The van der Waals surface area contributed by atoms with Crippen LogP contribution in [-0.2, 0) is 9.53 Å². The van der Waals surface area contributed by atoms with Crippen LogP contribution in [0, 0.1) is 11.7 Å². The van der Waals surface area contributed by atoms with Crippen LogP contribution in [0.1, 0.15) is 36.0 Å². The van der Waals surface area contributed by atoms with Crippen molar-refractivity contribution >= 4 is 11.9 Å². The Hall–Kier alpha value is -3.07. The Bertz CT molecular complexity index is 888.